The van der Waals surface area contributed by atoms with Gasteiger partial charge in [0, 0.05) is 33.2 Å². The van der Waals surface area contributed by atoms with Gasteiger partial charge in [0.25, 0.3) is 0 Å². The van der Waals surface area contributed by atoms with Crippen LogP contribution >= 0.6 is 0 Å². The molecule has 0 aliphatic heterocycles. The van der Waals surface area contributed by atoms with E-state index in [4.69, 9.17) is 9.47 Å². The lowest BCUT2D eigenvalue weighted by Gasteiger charge is -2.12. The van der Waals surface area contributed by atoms with Crippen molar-refractivity contribution in [2.45, 2.75) is 32.3 Å². The van der Waals surface area contributed by atoms with Gasteiger partial charge in [0.15, 0.2) is 5.82 Å². The Labute approximate surface area is 126 Å². The van der Waals surface area contributed by atoms with Crippen LogP contribution in [0.15, 0.2) is 6.33 Å². The van der Waals surface area contributed by atoms with Crippen molar-refractivity contribution in [1.29, 1.82) is 0 Å². The van der Waals surface area contributed by atoms with Gasteiger partial charge in [0.05, 0.1) is 25.9 Å². The van der Waals surface area contributed by atoms with Crippen LogP contribution in [0.4, 0.5) is 0 Å². The molecule has 0 aliphatic rings. The van der Waals surface area contributed by atoms with Gasteiger partial charge in [-0.15, -0.1) is 0 Å². The summed E-state index contributed by atoms with van der Waals surface area (Å²) in [6, 6.07) is 0. The zero-order valence-corrected chi connectivity index (χ0v) is 13.1. The predicted octanol–water partition coefficient (Wildman–Crippen LogP) is 0.141. The van der Waals surface area contributed by atoms with E-state index in [0.717, 1.165) is 38.2 Å². The molecule has 1 heterocycles. The summed E-state index contributed by atoms with van der Waals surface area (Å²) in [5.74, 6) is 0.806. The highest BCUT2D eigenvalue weighted by Crippen LogP contribution is 1.90. The van der Waals surface area contributed by atoms with E-state index in [1.165, 1.54) is 0 Å². The Balaban J connectivity index is 1.88. The standard InChI is InChI=1S/C14H28N4O3/c1-3-4-7-20-8-9-21-11-13(19)10-15-6-5-14-16-12-18(2)17-14/h12-13,15,19H,3-11H2,1-2H3. The van der Waals surface area contributed by atoms with E-state index in [1.54, 1.807) is 11.0 Å². The zero-order valence-electron chi connectivity index (χ0n) is 13.1. The van der Waals surface area contributed by atoms with Crippen molar-refractivity contribution in [2.75, 3.05) is 39.5 Å². The lowest BCUT2D eigenvalue weighted by molar-refractivity contribution is 0.00400. The minimum Gasteiger partial charge on any atom is -0.389 e. The molecule has 1 aromatic rings. The molecule has 21 heavy (non-hydrogen) atoms. The van der Waals surface area contributed by atoms with Crippen molar-refractivity contribution >= 4 is 0 Å². The van der Waals surface area contributed by atoms with Gasteiger partial charge in [-0.1, -0.05) is 13.3 Å². The monoisotopic (exact) mass is 300 g/mol. The van der Waals surface area contributed by atoms with Crippen LogP contribution in [-0.4, -0.2) is 65.5 Å². The second-order valence-corrected chi connectivity index (χ2v) is 4.98. The first kappa shape index (κ1) is 18.0. The van der Waals surface area contributed by atoms with E-state index in [1.807, 2.05) is 7.05 Å². The van der Waals surface area contributed by atoms with Gasteiger partial charge >= 0.3 is 0 Å². The van der Waals surface area contributed by atoms with Gasteiger partial charge in [0.1, 0.15) is 6.33 Å². The quantitative estimate of drug-likeness (QED) is 0.504. The highest BCUT2D eigenvalue weighted by atomic mass is 16.5. The van der Waals surface area contributed by atoms with Crippen LogP contribution in [-0.2, 0) is 22.9 Å². The first-order valence-electron chi connectivity index (χ1n) is 7.61. The van der Waals surface area contributed by atoms with Crippen molar-refractivity contribution in [3.63, 3.8) is 0 Å². The van der Waals surface area contributed by atoms with Crippen LogP contribution < -0.4 is 5.32 Å². The van der Waals surface area contributed by atoms with E-state index in [2.05, 4.69) is 22.3 Å². The lowest BCUT2D eigenvalue weighted by Crippen LogP contribution is -2.32. The Hall–Kier alpha value is -1.02. The highest BCUT2D eigenvalue weighted by Gasteiger charge is 2.04. The summed E-state index contributed by atoms with van der Waals surface area (Å²) in [6.07, 6.45) is 4.15. The van der Waals surface area contributed by atoms with Gasteiger partial charge in [0.2, 0.25) is 0 Å². The SMILES string of the molecule is CCCCOCCOCC(O)CNCCc1ncn(C)n1. The van der Waals surface area contributed by atoms with Crippen molar-refractivity contribution in [3.05, 3.63) is 12.2 Å². The average molecular weight is 300 g/mol. The predicted molar refractivity (Wildman–Crippen MR) is 80.1 cm³/mol. The first-order chi connectivity index (χ1) is 10.2. The Morgan fingerprint density at radius 3 is 2.86 bits per heavy atom. The summed E-state index contributed by atoms with van der Waals surface area (Å²) in [6.45, 7) is 5.60. The summed E-state index contributed by atoms with van der Waals surface area (Å²) < 4.78 is 12.4. The number of rotatable bonds is 13. The Bertz CT molecular complexity index is 360. The number of ether oxygens (including phenoxy) is 2. The largest absolute Gasteiger partial charge is 0.389 e. The molecule has 0 radical (unpaired) electrons. The molecule has 0 saturated carbocycles. The maximum atomic E-state index is 9.73. The van der Waals surface area contributed by atoms with E-state index in [0.29, 0.717) is 26.4 Å². The Morgan fingerprint density at radius 1 is 1.33 bits per heavy atom. The minimum atomic E-state index is -0.502. The van der Waals surface area contributed by atoms with E-state index in [9.17, 15) is 5.11 Å². The van der Waals surface area contributed by atoms with Gasteiger partial charge < -0.3 is 19.9 Å². The molecule has 1 aromatic heterocycles. The number of hydrogen-bond acceptors (Lipinski definition) is 6. The number of aryl methyl sites for hydroxylation is 1. The Kier molecular flexibility index (Phi) is 9.98. The number of unbranched alkanes of at least 4 members (excludes halogenated alkanes) is 1. The van der Waals surface area contributed by atoms with Crippen molar-refractivity contribution in [1.82, 2.24) is 20.1 Å². The molecule has 7 nitrogen and oxygen atoms in total. The van der Waals surface area contributed by atoms with Gasteiger partial charge in [-0.3, -0.25) is 4.68 Å². The molecule has 0 spiro atoms. The molecule has 0 aromatic carbocycles. The molecule has 1 rings (SSSR count). The fourth-order valence-corrected chi connectivity index (χ4v) is 1.71. The third-order valence-electron chi connectivity index (χ3n) is 2.88. The fraction of sp³-hybridized carbons (Fsp3) is 0.857. The summed E-state index contributed by atoms with van der Waals surface area (Å²) in [4.78, 5) is 4.13. The molecular formula is C14H28N4O3. The molecule has 0 amide bonds. The maximum Gasteiger partial charge on any atom is 0.151 e. The highest BCUT2D eigenvalue weighted by molar-refractivity contribution is 4.82. The molecule has 122 valence electrons. The molecular weight excluding hydrogens is 272 g/mol. The molecule has 1 unspecified atom stereocenters. The molecule has 7 heteroatoms. The molecule has 2 N–H and O–H groups in total. The summed E-state index contributed by atoms with van der Waals surface area (Å²) >= 11 is 0. The van der Waals surface area contributed by atoms with Crippen molar-refractivity contribution in [3.8, 4) is 0 Å². The number of nitrogens with zero attached hydrogens (tertiary/aromatic N) is 3. The van der Waals surface area contributed by atoms with Gasteiger partial charge in [-0.2, -0.15) is 5.10 Å². The van der Waals surface area contributed by atoms with Gasteiger partial charge in [-0.25, -0.2) is 4.98 Å². The molecule has 0 aliphatic carbocycles. The molecule has 0 fully saturated rings. The second-order valence-electron chi connectivity index (χ2n) is 4.98. The lowest BCUT2D eigenvalue weighted by atomic mass is 10.3. The number of hydrogen-bond donors (Lipinski definition) is 2. The molecule has 0 bridgehead atoms. The van der Waals surface area contributed by atoms with Crippen molar-refractivity contribution < 1.29 is 14.6 Å². The maximum absolute atomic E-state index is 9.73. The summed E-state index contributed by atoms with van der Waals surface area (Å²) in [7, 11) is 1.84. The fourth-order valence-electron chi connectivity index (χ4n) is 1.71. The third kappa shape index (κ3) is 9.52. The van der Waals surface area contributed by atoms with E-state index < -0.39 is 6.10 Å². The van der Waals surface area contributed by atoms with Crippen LogP contribution in [0.5, 0.6) is 0 Å². The zero-order chi connectivity index (χ0) is 15.3. The van der Waals surface area contributed by atoms with Crippen LogP contribution in [0.3, 0.4) is 0 Å². The van der Waals surface area contributed by atoms with E-state index in [-0.39, 0.29) is 0 Å². The minimum absolute atomic E-state index is 0.325. The summed E-state index contributed by atoms with van der Waals surface area (Å²) in [5, 5.41) is 17.1. The Morgan fingerprint density at radius 2 is 2.14 bits per heavy atom. The van der Waals surface area contributed by atoms with Crippen LogP contribution in [0.1, 0.15) is 25.6 Å². The van der Waals surface area contributed by atoms with Crippen LogP contribution in [0, 0.1) is 0 Å². The number of aliphatic hydroxyl groups excluding tert-OH is 1. The van der Waals surface area contributed by atoms with Crippen LogP contribution in [0.25, 0.3) is 0 Å². The average Bonchev–Trinajstić information content (AvgIpc) is 2.88. The first-order valence-corrected chi connectivity index (χ1v) is 7.61. The van der Waals surface area contributed by atoms with Gasteiger partial charge in [-0.05, 0) is 6.42 Å². The van der Waals surface area contributed by atoms with E-state index >= 15 is 0 Å². The molecule has 0 saturated heterocycles. The topological polar surface area (TPSA) is 81.4 Å². The number of aromatic nitrogens is 3. The number of aliphatic hydroxyl groups is 1. The van der Waals surface area contributed by atoms with Crippen LogP contribution in [0.2, 0.25) is 0 Å². The smallest absolute Gasteiger partial charge is 0.151 e. The normalized spacial score (nSPS) is 12.7. The molecule has 1 atom stereocenters. The number of nitrogens with one attached hydrogen (secondary N) is 1. The van der Waals surface area contributed by atoms with Crippen molar-refractivity contribution in [2.24, 2.45) is 7.05 Å². The second kappa shape index (κ2) is 11.6. The summed E-state index contributed by atoms with van der Waals surface area (Å²) in [5.41, 5.74) is 0. The third-order valence-corrected chi connectivity index (χ3v) is 2.88.